The number of nitrogens with one attached hydrogen (secondary N) is 1. The van der Waals surface area contributed by atoms with Crippen LogP contribution in [0.25, 0.3) is 0 Å². The van der Waals surface area contributed by atoms with Crippen LogP contribution in [0.2, 0.25) is 0 Å². The van der Waals surface area contributed by atoms with E-state index in [1.807, 2.05) is 0 Å². The summed E-state index contributed by atoms with van der Waals surface area (Å²) in [6.07, 6.45) is -0.584. The van der Waals surface area contributed by atoms with Crippen LogP contribution in [-0.4, -0.2) is 14.8 Å². The van der Waals surface area contributed by atoms with Crippen LogP contribution >= 0.6 is 0 Å². The van der Waals surface area contributed by atoms with Crippen molar-refractivity contribution in [3.63, 3.8) is 0 Å². The van der Waals surface area contributed by atoms with Gasteiger partial charge in [-0.25, -0.2) is 10.8 Å². The van der Waals surface area contributed by atoms with Crippen LogP contribution in [0.4, 0.5) is 30.5 Å². The van der Waals surface area contributed by atoms with Crippen LogP contribution in [0.15, 0.2) is 42.7 Å². The third-order valence-corrected chi connectivity index (χ3v) is 3.98. The van der Waals surface area contributed by atoms with E-state index in [4.69, 9.17) is 17.3 Å². The van der Waals surface area contributed by atoms with Gasteiger partial charge in [-0.15, -0.1) is 0 Å². The van der Waals surface area contributed by atoms with Gasteiger partial charge in [0.1, 0.15) is 5.82 Å². The zero-order chi connectivity index (χ0) is 19.6. The molecule has 7 nitrogen and oxygen atoms in total. The highest BCUT2D eigenvalue weighted by Gasteiger charge is 2.30. The fourth-order valence-corrected chi connectivity index (χ4v) is 2.72. The van der Waals surface area contributed by atoms with E-state index in [2.05, 4.69) is 15.5 Å². The second-order valence-corrected chi connectivity index (χ2v) is 6.03. The van der Waals surface area contributed by atoms with Gasteiger partial charge in [-0.2, -0.15) is 18.3 Å². The molecule has 0 aliphatic heterocycles. The Bertz CT molecular complexity index is 950. The topological polar surface area (TPSA) is 121 Å². The third-order valence-electron chi connectivity index (χ3n) is 3.98. The summed E-state index contributed by atoms with van der Waals surface area (Å²) in [7, 11) is 0. The molecule has 0 atom stereocenters. The molecule has 3 rings (SSSR count). The average Bonchev–Trinajstić information content (AvgIpc) is 3.04. The molecule has 0 spiro atoms. The summed E-state index contributed by atoms with van der Waals surface area (Å²) >= 11 is 0. The van der Waals surface area contributed by atoms with Crippen molar-refractivity contribution in [2.24, 2.45) is 5.84 Å². The number of pyridine rings is 1. The number of nitrogens with two attached hydrogens (primary N) is 3. The minimum atomic E-state index is -4.38. The summed E-state index contributed by atoms with van der Waals surface area (Å²) < 4.78 is 40.0. The molecule has 2 aromatic heterocycles. The van der Waals surface area contributed by atoms with Gasteiger partial charge in [-0.05, 0) is 34.9 Å². The third kappa shape index (κ3) is 4.29. The Hall–Kier alpha value is -3.27. The highest BCUT2D eigenvalue weighted by Crippen LogP contribution is 2.29. The summed E-state index contributed by atoms with van der Waals surface area (Å²) in [5.41, 5.74) is 15.9. The average molecular weight is 377 g/mol. The maximum absolute atomic E-state index is 12.8. The van der Waals surface area contributed by atoms with E-state index in [0.29, 0.717) is 23.2 Å². The summed E-state index contributed by atoms with van der Waals surface area (Å²) in [5.74, 6) is 5.92. The molecule has 0 fully saturated rings. The molecule has 7 N–H and O–H groups in total. The molecule has 0 aliphatic carbocycles. The molecule has 27 heavy (non-hydrogen) atoms. The quantitative estimate of drug-likeness (QED) is 0.400. The predicted octanol–water partition coefficient (Wildman–Crippen LogP) is 2.39. The first-order valence-electron chi connectivity index (χ1n) is 7.95. The Morgan fingerprint density at radius 3 is 2.59 bits per heavy atom. The lowest BCUT2D eigenvalue weighted by atomic mass is 10.1. The van der Waals surface area contributed by atoms with E-state index >= 15 is 0 Å². The number of hydrazine groups is 1. The number of halogens is 3. The molecule has 0 unspecified atom stereocenters. The smallest absolute Gasteiger partial charge is 0.395 e. The predicted molar refractivity (Wildman–Crippen MR) is 96.5 cm³/mol. The van der Waals surface area contributed by atoms with Crippen LogP contribution < -0.4 is 22.7 Å². The van der Waals surface area contributed by atoms with Crippen molar-refractivity contribution >= 4 is 17.3 Å². The molecular weight excluding hydrogens is 359 g/mol. The van der Waals surface area contributed by atoms with E-state index in [1.54, 1.807) is 29.2 Å². The molecule has 3 aromatic rings. The molecule has 0 amide bonds. The first-order chi connectivity index (χ1) is 12.8. The van der Waals surface area contributed by atoms with Gasteiger partial charge in [0.05, 0.1) is 24.0 Å². The molecule has 10 heteroatoms. The number of nitrogens with zero attached hydrogens (tertiary/aromatic N) is 3. The second kappa shape index (κ2) is 7.16. The Kier molecular flexibility index (Phi) is 4.91. The van der Waals surface area contributed by atoms with Gasteiger partial charge < -0.3 is 16.9 Å². The molecule has 142 valence electrons. The Morgan fingerprint density at radius 1 is 1.11 bits per heavy atom. The lowest BCUT2D eigenvalue weighted by Crippen LogP contribution is -2.13. The molecule has 2 heterocycles. The summed E-state index contributed by atoms with van der Waals surface area (Å²) in [5, 5.41) is 4.20. The molecular formula is C17H18F3N7. The molecule has 0 radical (unpaired) electrons. The van der Waals surface area contributed by atoms with Crippen molar-refractivity contribution in [2.45, 2.75) is 19.1 Å². The number of nitrogen functional groups attached to an aromatic ring is 3. The first kappa shape index (κ1) is 18.5. The molecule has 0 aliphatic rings. The highest BCUT2D eigenvalue weighted by atomic mass is 19.4. The fourth-order valence-electron chi connectivity index (χ4n) is 2.72. The normalized spacial score (nSPS) is 11.6. The Labute approximate surface area is 153 Å². The van der Waals surface area contributed by atoms with Gasteiger partial charge in [0.15, 0.2) is 5.82 Å². The van der Waals surface area contributed by atoms with Crippen molar-refractivity contribution in [3.05, 3.63) is 65.0 Å². The van der Waals surface area contributed by atoms with Crippen molar-refractivity contribution in [1.82, 2.24) is 14.8 Å². The summed E-state index contributed by atoms with van der Waals surface area (Å²) in [6.45, 7) is 0.216. The van der Waals surface area contributed by atoms with Crippen molar-refractivity contribution < 1.29 is 13.2 Å². The number of aromatic nitrogens is 3. The monoisotopic (exact) mass is 377 g/mol. The summed E-state index contributed by atoms with van der Waals surface area (Å²) in [4.78, 5) is 3.99. The maximum Gasteiger partial charge on any atom is 0.416 e. The molecule has 1 aromatic carbocycles. The van der Waals surface area contributed by atoms with Crippen molar-refractivity contribution in [2.75, 3.05) is 16.9 Å². The Balaban J connectivity index is 1.78. The van der Waals surface area contributed by atoms with Gasteiger partial charge in [-0.1, -0.05) is 12.1 Å². The van der Waals surface area contributed by atoms with E-state index in [9.17, 15) is 13.2 Å². The zero-order valence-electron chi connectivity index (χ0n) is 14.2. The van der Waals surface area contributed by atoms with Gasteiger partial charge in [0.2, 0.25) is 0 Å². The van der Waals surface area contributed by atoms with E-state index < -0.39 is 11.7 Å². The number of hydrogen-bond acceptors (Lipinski definition) is 6. The van der Waals surface area contributed by atoms with Crippen LogP contribution in [0, 0.1) is 0 Å². The number of rotatable bonds is 5. The minimum Gasteiger partial charge on any atom is -0.395 e. The van der Waals surface area contributed by atoms with E-state index in [-0.39, 0.29) is 18.2 Å². The lowest BCUT2D eigenvalue weighted by molar-refractivity contribution is -0.137. The molecule has 0 saturated heterocycles. The number of benzene rings is 1. The van der Waals surface area contributed by atoms with Crippen molar-refractivity contribution in [3.8, 4) is 0 Å². The lowest BCUT2D eigenvalue weighted by Gasteiger charge is -2.10. The number of hydrogen-bond donors (Lipinski definition) is 4. The van der Waals surface area contributed by atoms with Gasteiger partial charge in [-0.3, -0.25) is 4.68 Å². The van der Waals surface area contributed by atoms with Gasteiger partial charge in [0, 0.05) is 12.6 Å². The minimum absolute atomic E-state index is 0.216. The first-order valence-corrected chi connectivity index (χ1v) is 7.95. The maximum atomic E-state index is 12.8. The fraction of sp³-hybridized carbons (Fsp3) is 0.176. The van der Waals surface area contributed by atoms with Gasteiger partial charge >= 0.3 is 6.18 Å². The number of anilines is 3. The zero-order valence-corrected chi connectivity index (χ0v) is 14.2. The van der Waals surface area contributed by atoms with Crippen LogP contribution in [0.5, 0.6) is 0 Å². The van der Waals surface area contributed by atoms with Crippen molar-refractivity contribution in [1.29, 1.82) is 0 Å². The second-order valence-electron chi connectivity index (χ2n) is 6.03. The van der Waals surface area contributed by atoms with Gasteiger partial charge in [0.25, 0.3) is 0 Å². The molecule has 0 bridgehead atoms. The standard InChI is InChI=1S/C17H18F3N7/c18-17(19,20)13-3-1-2-10(5-13)8-27-9-11(7-24-27)4-12-6-14(21)25-16(26-23)15(12)22/h1-3,5-7,9H,4,8,22-23H2,(H3,21,25,26). The number of alkyl halides is 3. The summed E-state index contributed by atoms with van der Waals surface area (Å²) in [6, 6.07) is 6.79. The highest BCUT2D eigenvalue weighted by molar-refractivity contribution is 5.68. The van der Waals surface area contributed by atoms with Crippen LogP contribution in [0.1, 0.15) is 22.3 Å². The SMILES string of the molecule is NNc1nc(N)cc(Cc2cnn(Cc3cccc(C(F)(F)F)c3)c2)c1N. The van der Waals surface area contributed by atoms with Crippen LogP contribution in [0.3, 0.4) is 0 Å². The van der Waals surface area contributed by atoms with E-state index in [0.717, 1.165) is 17.7 Å². The van der Waals surface area contributed by atoms with Crippen LogP contribution in [-0.2, 0) is 19.1 Å². The molecule has 0 saturated carbocycles. The largest absolute Gasteiger partial charge is 0.416 e. The van der Waals surface area contributed by atoms with E-state index in [1.165, 1.54) is 6.07 Å². The Morgan fingerprint density at radius 2 is 1.89 bits per heavy atom.